The fourth-order valence-electron chi connectivity index (χ4n) is 11.9. The van der Waals surface area contributed by atoms with Crippen LogP contribution in [-0.2, 0) is 32.7 Å². The van der Waals surface area contributed by atoms with Gasteiger partial charge < -0.3 is 20.1 Å². The summed E-state index contributed by atoms with van der Waals surface area (Å²) in [6.45, 7) is 3.66. The van der Waals surface area contributed by atoms with Crippen molar-refractivity contribution in [3.63, 3.8) is 0 Å². The van der Waals surface area contributed by atoms with Crippen molar-refractivity contribution in [1.29, 1.82) is 0 Å². The van der Waals surface area contributed by atoms with E-state index in [0.717, 1.165) is 103 Å². The minimum Gasteiger partial charge on any atom is -0.462 e. The number of allylic oxidation sites excluding steroid dienone is 22. The Bertz CT molecular complexity index is 2100. The molecule has 99 heavy (non-hydrogen) atoms. The average molecular weight is 1400 g/mol. The number of rotatable bonds is 78. The number of carbonyl (C=O) groups excluding carboxylic acids is 2. The number of nitrogens with two attached hydrogens (primary N) is 1. The highest BCUT2D eigenvalue weighted by atomic mass is 31.2. The van der Waals surface area contributed by atoms with Gasteiger partial charge in [-0.3, -0.25) is 18.6 Å². The van der Waals surface area contributed by atoms with Gasteiger partial charge in [0.2, 0.25) is 0 Å². The minimum absolute atomic E-state index is 0.0507. The second-order valence-electron chi connectivity index (χ2n) is 27.6. The zero-order chi connectivity index (χ0) is 71.5. The van der Waals surface area contributed by atoms with Gasteiger partial charge in [-0.15, -0.1) is 0 Å². The van der Waals surface area contributed by atoms with Crippen LogP contribution in [0.15, 0.2) is 134 Å². The molecular formula is C89H156NO8P. The molecule has 9 nitrogen and oxygen atoms in total. The lowest BCUT2D eigenvalue weighted by Gasteiger charge is -2.19. The van der Waals surface area contributed by atoms with Crippen molar-refractivity contribution < 1.29 is 37.6 Å². The number of phosphoric ester groups is 1. The van der Waals surface area contributed by atoms with Crippen LogP contribution in [0.1, 0.15) is 386 Å². The van der Waals surface area contributed by atoms with Gasteiger partial charge in [-0.25, -0.2) is 4.57 Å². The summed E-state index contributed by atoms with van der Waals surface area (Å²) in [6.07, 6.45) is 119. The van der Waals surface area contributed by atoms with Gasteiger partial charge in [0.15, 0.2) is 6.10 Å². The van der Waals surface area contributed by atoms with Crippen LogP contribution in [0.5, 0.6) is 0 Å². The molecule has 0 amide bonds. The first kappa shape index (κ1) is 95.2. The van der Waals surface area contributed by atoms with Crippen LogP contribution in [0.3, 0.4) is 0 Å². The Morgan fingerprint density at radius 2 is 0.556 bits per heavy atom. The van der Waals surface area contributed by atoms with Crippen molar-refractivity contribution in [2.24, 2.45) is 5.73 Å². The van der Waals surface area contributed by atoms with Crippen molar-refractivity contribution >= 4 is 19.8 Å². The van der Waals surface area contributed by atoms with Gasteiger partial charge in [0, 0.05) is 19.4 Å². The highest BCUT2D eigenvalue weighted by Crippen LogP contribution is 2.43. The van der Waals surface area contributed by atoms with Gasteiger partial charge in [0.25, 0.3) is 0 Å². The lowest BCUT2D eigenvalue weighted by atomic mass is 10.0. The van der Waals surface area contributed by atoms with Crippen molar-refractivity contribution in [3.8, 4) is 0 Å². The highest BCUT2D eigenvalue weighted by Gasteiger charge is 2.26. The Labute approximate surface area is 612 Å². The molecule has 0 aromatic heterocycles. The summed E-state index contributed by atoms with van der Waals surface area (Å²) in [7, 11) is -4.40. The predicted molar refractivity (Wildman–Crippen MR) is 431 cm³/mol. The third kappa shape index (κ3) is 83.0. The molecule has 0 fully saturated rings. The molecule has 570 valence electrons. The number of esters is 2. The molecule has 0 aromatic rings. The van der Waals surface area contributed by atoms with Crippen LogP contribution < -0.4 is 5.73 Å². The predicted octanol–water partition coefficient (Wildman–Crippen LogP) is 28.3. The molecule has 0 aliphatic carbocycles. The first-order valence-corrected chi connectivity index (χ1v) is 43.2. The molecule has 0 radical (unpaired) electrons. The maximum Gasteiger partial charge on any atom is 0.472 e. The van der Waals surface area contributed by atoms with Gasteiger partial charge >= 0.3 is 19.8 Å². The number of ether oxygens (including phenoxy) is 2. The zero-order valence-electron chi connectivity index (χ0n) is 64.4. The standard InChI is InChI=1S/C89H156NO8P/c1-3-5-7-9-11-13-15-17-19-21-23-25-27-29-31-33-35-37-39-41-43-45-47-49-51-53-55-57-59-61-63-65-67-69-71-73-75-77-79-81-88(91)95-85-87(86-97-99(93,94)96-84-83-90)98-89(92)82-80-78-76-74-72-70-68-66-64-62-60-58-56-54-52-50-48-46-44-42-40-38-36-34-32-30-28-26-24-22-20-18-16-14-12-10-8-6-4-2/h6,8,12,14-15,17-18,20-21,23-24,26-27,29-30,32,36,38,42,44,48,50,87H,3-5,7,9-11,13,16,19,22,25,28,31,33-35,37,39-41,43,45-47,49,51-86,90H2,1-2H3,(H,93,94)/b8-6-,14-12-,17-15-,20-18-,23-21-,26-24-,29-27-,32-30-,38-36-,44-42-,50-48-. The van der Waals surface area contributed by atoms with E-state index in [1.54, 1.807) is 0 Å². The van der Waals surface area contributed by atoms with Gasteiger partial charge in [0.05, 0.1) is 13.2 Å². The quantitative estimate of drug-likeness (QED) is 0.0264. The summed E-state index contributed by atoms with van der Waals surface area (Å²) in [4.78, 5) is 35.5. The van der Waals surface area contributed by atoms with Crippen LogP contribution in [-0.4, -0.2) is 49.3 Å². The largest absolute Gasteiger partial charge is 0.472 e. The monoisotopic (exact) mass is 1400 g/mol. The summed E-state index contributed by atoms with van der Waals surface area (Å²) in [5.41, 5.74) is 5.42. The van der Waals surface area contributed by atoms with Gasteiger partial charge in [0.1, 0.15) is 6.61 Å². The Hall–Kier alpha value is -3.85. The number of hydrogen-bond acceptors (Lipinski definition) is 8. The van der Waals surface area contributed by atoms with Gasteiger partial charge in [-0.2, -0.15) is 0 Å². The van der Waals surface area contributed by atoms with E-state index in [-0.39, 0.29) is 38.6 Å². The molecule has 0 bridgehead atoms. The Kier molecular flexibility index (Phi) is 79.9. The second-order valence-corrected chi connectivity index (χ2v) is 29.1. The average Bonchev–Trinajstić information content (AvgIpc) is 1.35. The van der Waals surface area contributed by atoms with Crippen molar-refractivity contribution in [1.82, 2.24) is 0 Å². The van der Waals surface area contributed by atoms with Crippen molar-refractivity contribution in [3.05, 3.63) is 134 Å². The molecule has 2 unspecified atom stereocenters. The molecule has 0 aromatic carbocycles. The lowest BCUT2D eigenvalue weighted by Crippen LogP contribution is -2.29. The third-order valence-corrected chi connectivity index (χ3v) is 19.0. The first-order valence-electron chi connectivity index (χ1n) is 41.7. The molecule has 10 heteroatoms. The molecular weight excluding hydrogens is 1240 g/mol. The number of unbranched alkanes of at least 4 members (excludes halogenated alkanes) is 43. The van der Waals surface area contributed by atoms with Crippen LogP contribution in [0, 0.1) is 0 Å². The molecule has 2 atom stereocenters. The van der Waals surface area contributed by atoms with E-state index in [0.29, 0.717) is 6.42 Å². The summed E-state index contributed by atoms with van der Waals surface area (Å²) in [5.74, 6) is -0.816. The molecule has 0 spiro atoms. The summed E-state index contributed by atoms with van der Waals surface area (Å²) in [5, 5.41) is 0. The summed E-state index contributed by atoms with van der Waals surface area (Å²) >= 11 is 0. The van der Waals surface area contributed by atoms with Crippen LogP contribution >= 0.6 is 7.82 Å². The molecule has 0 aliphatic rings. The maximum absolute atomic E-state index is 12.8. The van der Waals surface area contributed by atoms with E-state index in [9.17, 15) is 19.0 Å². The fraction of sp³-hybridized carbons (Fsp3) is 0.730. The molecule has 0 rings (SSSR count). The molecule has 0 saturated heterocycles. The molecule has 0 saturated carbocycles. The summed E-state index contributed by atoms with van der Waals surface area (Å²) < 4.78 is 33.3. The third-order valence-electron chi connectivity index (χ3n) is 18.0. The van der Waals surface area contributed by atoms with E-state index in [4.69, 9.17) is 24.3 Å². The number of carbonyl (C=O) groups is 2. The Morgan fingerprint density at radius 3 is 0.828 bits per heavy atom. The normalized spacial score (nSPS) is 13.5. The van der Waals surface area contributed by atoms with Crippen LogP contribution in [0.25, 0.3) is 0 Å². The SMILES string of the molecule is CC/C=C\C/C=C\C/C=C\C/C=C\C/C=C\C/C=C\C/C=C\C/C=C\CCCCCCCCCCCCCCCCC(=O)OC(COC(=O)CCCCCCCCCCCCCCCCCCCCCCCCCC/C=C\C/C=C\C/C=C\CCCCCCC)COP(=O)(O)OCCN. The minimum atomic E-state index is -4.40. The van der Waals surface area contributed by atoms with E-state index in [1.165, 1.54) is 250 Å². The number of hydrogen-bond donors (Lipinski definition) is 2. The van der Waals surface area contributed by atoms with E-state index in [2.05, 4.69) is 148 Å². The van der Waals surface area contributed by atoms with Crippen molar-refractivity contribution in [2.75, 3.05) is 26.4 Å². The molecule has 0 aliphatic heterocycles. The Morgan fingerprint density at radius 1 is 0.313 bits per heavy atom. The van der Waals surface area contributed by atoms with E-state index >= 15 is 0 Å². The van der Waals surface area contributed by atoms with Crippen LogP contribution in [0.2, 0.25) is 0 Å². The molecule has 0 heterocycles. The maximum atomic E-state index is 12.8. The highest BCUT2D eigenvalue weighted by molar-refractivity contribution is 7.47. The zero-order valence-corrected chi connectivity index (χ0v) is 65.3. The van der Waals surface area contributed by atoms with E-state index in [1.807, 2.05) is 0 Å². The molecule has 3 N–H and O–H groups in total. The number of phosphoric acid groups is 1. The van der Waals surface area contributed by atoms with Crippen molar-refractivity contribution in [2.45, 2.75) is 392 Å². The van der Waals surface area contributed by atoms with Crippen LogP contribution in [0.4, 0.5) is 0 Å². The fourth-order valence-corrected chi connectivity index (χ4v) is 12.7. The lowest BCUT2D eigenvalue weighted by molar-refractivity contribution is -0.161. The second kappa shape index (κ2) is 83.1. The first-order chi connectivity index (χ1) is 48.8. The van der Waals surface area contributed by atoms with E-state index < -0.39 is 26.5 Å². The topological polar surface area (TPSA) is 134 Å². The van der Waals surface area contributed by atoms with Gasteiger partial charge in [-0.1, -0.05) is 392 Å². The summed E-state index contributed by atoms with van der Waals surface area (Å²) in [6, 6.07) is 0. The Balaban J connectivity index is 3.81. The smallest absolute Gasteiger partial charge is 0.462 e. The van der Waals surface area contributed by atoms with Gasteiger partial charge in [-0.05, 0) is 116 Å².